The highest BCUT2D eigenvalue weighted by atomic mass is 16.2. The molecular weight excluding hydrogens is 374 g/mol. The molecule has 2 heterocycles. The maximum Gasteiger partial charge on any atom is 0.225 e. The fraction of sp³-hybridized carbons (Fsp3) is 0.667. The quantitative estimate of drug-likeness (QED) is 0.533. The Morgan fingerprint density at radius 2 is 1.97 bits per heavy atom. The number of rotatable bonds is 7. The Morgan fingerprint density at radius 3 is 2.70 bits per heavy atom. The van der Waals surface area contributed by atoms with Gasteiger partial charge in [0.15, 0.2) is 5.96 Å². The third-order valence-electron chi connectivity index (χ3n) is 6.12. The fourth-order valence-corrected chi connectivity index (χ4v) is 4.45. The zero-order valence-corrected chi connectivity index (χ0v) is 18.9. The molecule has 2 N–H and O–H groups in total. The van der Waals surface area contributed by atoms with Gasteiger partial charge in [-0.05, 0) is 38.3 Å². The van der Waals surface area contributed by atoms with Crippen LogP contribution in [0.3, 0.4) is 0 Å². The van der Waals surface area contributed by atoms with E-state index >= 15 is 0 Å². The second kappa shape index (κ2) is 11.3. The minimum atomic E-state index is 0.0625. The number of hydrogen-bond donors (Lipinski definition) is 2. The highest BCUT2D eigenvalue weighted by molar-refractivity contribution is 5.81. The fourth-order valence-electron chi connectivity index (χ4n) is 4.45. The van der Waals surface area contributed by atoms with Gasteiger partial charge in [-0.25, -0.2) is 0 Å². The standard InChI is InChI=1S/C24H39N5O/c1-4-25-24(27-21-13-15-29(18-21)23(30)19(2)3)26-16-22-12-8-9-14-28(22)17-20-10-6-5-7-11-20/h5-7,10-11,19,21-22H,4,8-9,12-18H2,1-3H3,(H2,25,26,27). The Morgan fingerprint density at radius 1 is 1.17 bits per heavy atom. The third kappa shape index (κ3) is 6.46. The van der Waals surface area contributed by atoms with Crippen LogP contribution in [0.2, 0.25) is 0 Å². The molecule has 2 unspecified atom stereocenters. The number of amides is 1. The predicted octanol–water partition coefficient (Wildman–Crippen LogP) is 2.85. The van der Waals surface area contributed by atoms with Gasteiger partial charge in [-0.1, -0.05) is 50.6 Å². The van der Waals surface area contributed by atoms with Gasteiger partial charge in [0.25, 0.3) is 0 Å². The van der Waals surface area contributed by atoms with Crippen LogP contribution in [0.5, 0.6) is 0 Å². The molecular formula is C24H39N5O. The molecule has 2 saturated heterocycles. The monoisotopic (exact) mass is 413 g/mol. The molecule has 166 valence electrons. The maximum atomic E-state index is 12.3. The molecule has 6 heteroatoms. The lowest BCUT2D eigenvalue weighted by Gasteiger charge is -2.35. The first kappa shape index (κ1) is 22.6. The summed E-state index contributed by atoms with van der Waals surface area (Å²) in [6.07, 6.45) is 4.74. The van der Waals surface area contributed by atoms with Gasteiger partial charge in [0.05, 0.1) is 6.54 Å². The van der Waals surface area contributed by atoms with Gasteiger partial charge in [0, 0.05) is 44.2 Å². The van der Waals surface area contributed by atoms with E-state index in [1.54, 1.807) is 0 Å². The first-order valence-electron chi connectivity index (χ1n) is 11.7. The summed E-state index contributed by atoms with van der Waals surface area (Å²) in [5, 5.41) is 6.97. The van der Waals surface area contributed by atoms with Crippen molar-refractivity contribution in [2.24, 2.45) is 10.9 Å². The van der Waals surface area contributed by atoms with Crippen molar-refractivity contribution >= 4 is 11.9 Å². The van der Waals surface area contributed by atoms with Gasteiger partial charge in [0.1, 0.15) is 0 Å². The van der Waals surface area contributed by atoms with Crippen LogP contribution in [-0.2, 0) is 11.3 Å². The molecule has 0 spiro atoms. The van der Waals surface area contributed by atoms with Crippen molar-refractivity contribution in [3.8, 4) is 0 Å². The summed E-state index contributed by atoms with van der Waals surface area (Å²) in [5.74, 6) is 1.19. The van der Waals surface area contributed by atoms with E-state index < -0.39 is 0 Å². The summed E-state index contributed by atoms with van der Waals surface area (Å²) in [6.45, 7) is 11.4. The SMILES string of the molecule is CCNC(=NCC1CCCCN1Cc1ccccc1)NC1CCN(C(=O)C(C)C)C1. The molecule has 2 aliphatic heterocycles. The van der Waals surface area contributed by atoms with E-state index in [9.17, 15) is 4.79 Å². The number of likely N-dealkylation sites (tertiary alicyclic amines) is 2. The third-order valence-corrected chi connectivity index (χ3v) is 6.12. The molecule has 0 radical (unpaired) electrons. The number of benzene rings is 1. The Bertz CT molecular complexity index is 690. The number of nitrogens with zero attached hydrogens (tertiary/aromatic N) is 3. The number of aliphatic imine (C=N–C) groups is 1. The molecule has 1 amide bonds. The Kier molecular flexibility index (Phi) is 8.55. The molecule has 1 aromatic rings. The average Bonchev–Trinajstić information content (AvgIpc) is 3.21. The van der Waals surface area contributed by atoms with E-state index in [4.69, 9.17) is 4.99 Å². The summed E-state index contributed by atoms with van der Waals surface area (Å²) >= 11 is 0. The number of carbonyl (C=O) groups is 1. The number of piperidine rings is 1. The second-order valence-electron chi connectivity index (χ2n) is 8.89. The second-order valence-corrected chi connectivity index (χ2v) is 8.89. The molecule has 0 aliphatic carbocycles. The van der Waals surface area contributed by atoms with Crippen molar-refractivity contribution in [2.45, 2.75) is 65.1 Å². The van der Waals surface area contributed by atoms with Gasteiger partial charge >= 0.3 is 0 Å². The molecule has 6 nitrogen and oxygen atoms in total. The summed E-state index contributed by atoms with van der Waals surface area (Å²) < 4.78 is 0. The first-order valence-corrected chi connectivity index (χ1v) is 11.7. The normalized spacial score (nSPS) is 23.1. The van der Waals surface area contributed by atoms with Crippen LogP contribution >= 0.6 is 0 Å². The van der Waals surface area contributed by atoms with E-state index in [2.05, 4.69) is 52.8 Å². The van der Waals surface area contributed by atoms with Gasteiger partial charge < -0.3 is 15.5 Å². The van der Waals surface area contributed by atoms with Crippen LogP contribution in [0.15, 0.2) is 35.3 Å². The lowest BCUT2D eigenvalue weighted by atomic mass is 10.0. The van der Waals surface area contributed by atoms with E-state index in [0.29, 0.717) is 6.04 Å². The van der Waals surface area contributed by atoms with Crippen molar-refractivity contribution in [1.82, 2.24) is 20.4 Å². The summed E-state index contributed by atoms with van der Waals surface area (Å²) in [5.41, 5.74) is 1.37. The van der Waals surface area contributed by atoms with E-state index in [0.717, 1.165) is 51.6 Å². The summed E-state index contributed by atoms with van der Waals surface area (Å²) in [4.78, 5) is 21.8. The summed E-state index contributed by atoms with van der Waals surface area (Å²) in [7, 11) is 0. The van der Waals surface area contributed by atoms with Crippen molar-refractivity contribution in [3.05, 3.63) is 35.9 Å². The highest BCUT2D eigenvalue weighted by Gasteiger charge is 2.28. The molecule has 2 atom stereocenters. The largest absolute Gasteiger partial charge is 0.357 e. The predicted molar refractivity (Wildman–Crippen MR) is 123 cm³/mol. The molecule has 30 heavy (non-hydrogen) atoms. The number of hydrogen-bond acceptors (Lipinski definition) is 3. The Hall–Kier alpha value is -2.08. The molecule has 1 aromatic carbocycles. The lowest BCUT2D eigenvalue weighted by Crippen LogP contribution is -2.46. The van der Waals surface area contributed by atoms with Crippen LogP contribution in [0.1, 0.15) is 52.0 Å². The topological polar surface area (TPSA) is 60.0 Å². The lowest BCUT2D eigenvalue weighted by molar-refractivity contribution is -0.133. The van der Waals surface area contributed by atoms with Gasteiger partial charge in [-0.3, -0.25) is 14.7 Å². The van der Waals surface area contributed by atoms with Crippen LogP contribution in [0.25, 0.3) is 0 Å². The van der Waals surface area contributed by atoms with Crippen molar-refractivity contribution in [3.63, 3.8) is 0 Å². The van der Waals surface area contributed by atoms with E-state index in [-0.39, 0.29) is 17.9 Å². The zero-order chi connectivity index (χ0) is 21.3. The van der Waals surface area contributed by atoms with Crippen molar-refractivity contribution in [2.75, 3.05) is 32.7 Å². The maximum absolute atomic E-state index is 12.3. The van der Waals surface area contributed by atoms with Gasteiger partial charge in [-0.15, -0.1) is 0 Å². The molecule has 0 aromatic heterocycles. The average molecular weight is 414 g/mol. The van der Waals surface area contributed by atoms with E-state index in [1.165, 1.54) is 24.8 Å². The minimum absolute atomic E-state index is 0.0625. The summed E-state index contributed by atoms with van der Waals surface area (Å²) in [6, 6.07) is 11.5. The van der Waals surface area contributed by atoms with E-state index in [1.807, 2.05) is 18.7 Å². The van der Waals surface area contributed by atoms with Crippen molar-refractivity contribution in [1.29, 1.82) is 0 Å². The number of guanidine groups is 1. The highest BCUT2D eigenvalue weighted by Crippen LogP contribution is 2.20. The smallest absolute Gasteiger partial charge is 0.225 e. The van der Waals surface area contributed by atoms with Gasteiger partial charge in [-0.2, -0.15) is 0 Å². The van der Waals surface area contributed by atoms with Crippen LogP contribution in [0.4, 0.5) is 0 Å². The molecule has 2 aliphatic rings. The number of carbonyl (C=O) groups excluding carboxylic acids is 1. The van der Waals surface area contributed by atoms with Crippen LogP contribution in [0, 0.1) is 5.92 Å². The molecule has 2 fully saturated rings. The molecule has 0 saturated carbocycles. The number of nitrogens with one attached hydrogen (secondary N) is 2. The minimum Gasteiger partial charge on any atom is -0.357 e. The molecule has 0 bridgehead atoms. The van der Waals surface area contributed by atoms with Crippen LogP contribution < -0.4 is 10.6 Å². The Balaban J connectivity index is 1.57. The zero-order valence-electron chi connectivity index (χ0n) is 18.9. The first-order chi connectivity index (χ1) is 14.6. The van der Waals surface area contributed by atoms with Crippen molar-refractivity contribution < 1.29 is 4.79 Å². The van der Waals surface area contributed by atoms with Gasteiger partial charge in [0.2, 0.25) is 5.91 Å². The Labute approximate surface area is 182 Å². The van der Waals surface area contributed by atoms with Crippen LogP contribution in [-0.4, -0.2) is 66.5 Å². The molecule has 3 rings (SSSR count).